The molecule has 1 aromatic carbocycles. The molecule has 0 saturated carbocycles. The Morgan fingerprint density at radius 1 is 0.851 bits per heavy atom. The molecule has 16 nitrogen and oxygen atoms in total. The average molecular weight is 684 g/mol. The summed E-state index contributed by atoms with van der Waals surface area (Å²) < 4.78 is 14.9. The van der Waals surface area contributed by atoms with Crippen molar-refractivity contribution >= 4 is 60.2 Å². The van der Waals surface area contributed by atoms with Gasteiger partial charge < -0.3 is 35.1 Å². The average Bonchev–Trinajstić information content (AvgIpc) is 3.03. The zero-order valence-electron chi connectivity index (χ0n) is 26.5. The van der Waals surface area contributed by atoms with Crippen LogP contribution in [0.15, 0.2) is 24.3 Å². The highest BCUT2D eigenvalue weighted by Gasteiger charge is 2.24. The molecule has 1 atom stereocenters. The molecule has 1 aromatic rings. The van der Waals surface area contributed by atoms with Gasteiger partial charge in [0, 0.05) is 50.7 Å². The molecule has 0 radical (unpaired) electrons. The van der Waals surface area contributed by atoms with Crippen LogP contribution < -0.4 is 10.6 Å². The van der Waals surface area contributed by atoms with Gasteiger partial charge in [0.25, 0.3) is 19.4 Å². The van der Waals surface area contributed by atoms with Crippen LogP contribution in [0.25, 0.3) is 0 Å². The third-order valence-corrected chi connectivity index (χ3v) is 7.12. The molecule has 0 aliphatic carbocycles. The van der Waals surface area contributed by atoms with Crippen LogP contribution in [-0.4, -0.2) is 133 Å². The number of benzene rings is 1. The Kier molecular flexibility index (Phi) is 21.7. The number of unbranched alkanes of at least 4 members (excludes halogenated alkanes) is 2. The van der Waals surface area contributed by atoms with E-state index in [1.165, 1.54) is 4.90 Å². The van der Waals surface area contributed by atoms with Crippen molar-refractivity contribution in [2.75, 3.05) is 64.8 Å². The highest BCUT2D eigenvalue weighted by atomic mass is 32.1. The summed E-state index contributed by atoms with van der Waals surface area (Å²) in [6.45, 7) is 1.89. The maximum Gasteiger partial charge on any atom is 0.317 e. The number of carboxylic acid groups (broad SMARTS) is 2. The predicted octanol–water partition coefficient (Wildman–Crippen LogP) is 0.890. The highest BCUT2D eigenvalue weighted by molar-refractivity contribution is 7.80. The first kappa shape index (κ1) is 40.8. The second kappa shape index (κ2) is 25.0. The van der Waals surface area contributed by atoms with Gasteiger partial charge in [-0.25, -0.2) is 4.90 Å². The van der Waals surface area contributed by atoms with Crippen molar-refractivity contribution in [1.82, 2.24) is 20.0 Å². The summed E-state index contributed by atoms with van der Waals surface area (Å²) in [5, 5.41) is 25.1. The molecule has 0 saturated heterocycles. The molecular weight excluding hydrogens is 638 g/mol. The van der Waals surface area contributed by atoms with Gasteiger partial charge in [-0.2, -0.15) is 0 Å². The summed E-state index contributed by atoms with van der Waals surface area (Å²) in [6.07, 6.45) is 4.16. The van der Waals surface area contributed by atoms with E-state index in [1.54, 1.807) is 9.80 Å². The zero-order chi connectivity index (χ0) is 34.9. The Hall–Kier alpha value is -4.19. The smallest absolute Gasteiger partial charge is 0.317 e. The minimum absolute atomic E-state index is 0.0239. The number of hydrogen-bond donors (Lipinski definition) is 4. The van der Waals surface area contributed by atoms with E-state index in [1.807, 2.05) is 31.2 Å². The second-order valence-corrected chi connectivity index (χ2v) is 10.9. The number of ether oxygens (including phenoxy) is 3. The van der Waals surface area contributed by atoms with E-state index in [0.29, 0.717) is 30.9 Å². The van der Waals surface area contributed by atoms with Gasteiger partial charge in [0.2, 0.25) is 0 Å². The van der Waals surface area contributed by atoms with Crippen molar-refractivity contribution in [3.8, 4) is 0 Å². The number of hydrogen-bond acceptors (Lipinski definition) is 13. The Bertz CT molecular complexity index is 1100. The zero-order valence-corrected chi connectivity index (χ0v) is 27.4. The van der Waals surface area contributed by atoms with Crippen LogP contribution in [0.2, 0.25) is 0 Å². The van der Waals surface area contributed by atoms with Gasteiger partial charge in [0.05, 0.1) is 13.1 Å². The number of carbonyl (C=O) groups is 6. The summed E-state index contributed by atoms with van der Waals surface area (Å²) in [4.78, 5) is 71.3. The maximum absolute atomic E-state index is 11.4. The summed E-state index contributed by atoms with van der Waals surface area (Å²) in [7, 11) is 0. The normalized spacial score (nSPS) is 11.5. The van der Waals surface area contributed by atoms with Crippen molar-refractivity contribution in [2.24, 2.45) is 0 Å². The van der Waals surface area contributed by atoms with Crippen molar-refractivity contribution in [3.05, 3.63) is 29.8 Å². The van der Waals surface area contributed by atoms with Crippen molar-refractivity contribution in [3.63, 3.8) is 0 Å². The molecule has 0 aromatic heterocycles. The molecule has 0 heterocycles. The van der Waals surface area contributed by atoms with Gasteiger partial charge in [-0.15, -0.1) is 0 Å². The van der Waals surface area contributed by atoms with Gasteiger partial charge >= 0.3 is 11.9 Å². The van der Waals surface area contributed by atoms with Crippen LogP contribution in [0.3, 0.4) is 0 Å². The standard InChI is InChI=1S/C30H45N5O11S/c1-2-27(39)6-4-3-5-11-31-30(47)32-25-9-7-24(8-10-25)14-26(35(19-45-22-37)20-46-23-38)15-34(18-44-21-36)13-12-33(16-28(40)41)17-29(42)43/h7-10,21-23,26H,2-6,11-20H2,1H3,(H,40,41)(H,42,43)(H2,31,32,47)/t26-/m1/s1. The predicted molar refractivity (Wildman–Crippen MR) is 173 cm³/mol. The van der Waals surface area contributed by atoms with Crippen molar-refractivity contribution < 1.29 is 53.2 Å². The Labute approximate surface area is 279 Å². The number of thiocarbonyl (C=S) groups is 1. The van der Waals surface area contributed by atoms with Crippen LogP contribution in [-0.2, 0) is 49.4 Å². The Morgan fingerprint density at radius 2 is 1.43 bits per heavy atom. The quantitative estimate of drug-likeness (QED) is 0.0304. The van der Waals surface area contributed by atoms with Crippen LogP contribution >= 0.6 is 12.2 Å². The fraction of sp³-hybridized carbons (Fsp3) is 0.567. The number of ketones is 1. The fourth-order valence-corrected chi connectivity index (χ4v) is 4.73. The molecule has 4 N–H and O–H groups in total. The number of nitrogens with zero attached hydrogens (tertiary/aromatic N) is 3. The molecule has 0 fully saturated rings. The van der Waals surface area contributed by atoms with Gasteiger partial charge in [-0.1, -0.05) is 25.5 Å². The van der Waals surface area contributed by atoms with Crippen LogP contribution in [0.1, 0.15) is 44.6 Å². The highest BCUT2D eigenvalue weighted by Crippen LogP contribution is 2.16. The van der Waals surface area contributed by atoms with Gasteiger partial charge in [0.15, 0.2) is 5.11 Å². The van der Waals surface area contributed by atoms with E-state index < -0.39 is 31.1 Å². The summed E-state index contributed by atoms with van der Waals surface area (Å²) in [6, 6.07) is 6.87. The number of Topliss-reactive ketones (excluding diaryl/α,β-unsaturated/α-hetero) is 1. The topological polar surface area (TPSA) is 204 Å². The molecule has 17 heteroatoms. The molecule has 0 amide bonds. The lowest BCUT2D eigenvalue weighted by molar-refractivity contribution is -0.147. The molecule has 0 aliphatic heterocycles. The lowest BCUT2D eigenvalue weighted by Gasteiger charge is -2.34. The van der Waals surface area contributed by atoms with E-state index in [4.69, 9.17) is 26.4 Å². The lowest BCUT2D eigenvalue weighted by atomic mass is 10.0. The minimum atomic E-state index is -1.20. The van der Waals surface area contributed by atoms with Crippen LogP contribution in [0.4, 0.5) is 5.69 Å². The van der Waals surface area contributed by atoms with Crippen LogP contribution in [0.5, 0.6) is 0 Å². The molecule has 0 unspecified atom stereocenters. The Morgan fingerprint density at radius 3 is 1.98 bits per heavy atom. The third-order valence-electron chi connectivity index (χ3n) is 6.87. The van der Waals surface area contributed by atoms with Crippen molar-refractivity contribution in [2.45, 2.75) is 51.5 Å². The summed E-state index contributed by atoms with van der Waals surface area (Å²) >= 11 is 5.39. The third kappa shape index (κ3) is 19.8. The first-order chi connectivity index (χ1) is 22.6. The molecule has 262 valence electrons. The maximum atomic E-state index is 11.4. The van der Waals surface area contributed by atoms with Crippen LogP contribution in [0, 0.1) is 0 Å². The van der Waals surface area contributed by atoms with E-state index in [-0.39, 0.29) is 65.0 Å². The Balaban J connectivity index is 2.98. The monoisotopic (exact) mass is 683 g/mol. The largest absolute Gasteiger partial charge is 0.480 e. The van der Waals surface area contributed by atoms with E-state index in [0.717, 1.165) is 30.5 Å². The van der Waals surface area contributed by atoms with Gasteiger partial charge in [-0.05, 0) is 49.2 Å². The van der Waals surface area contributed by atoms with Gasteiger partial charge in [0.1, 0.15) is 26.0 Å². The SMILES string of the molecule is CCC(=O)CCCCCNC(=S)Nc1ccc(C[C@H](CN(CCN(CC(=O)O)CC(=O)O)COC=O)N(COC=O)COC=O)cc1. The first-order valence-electron chi connectivity index (χ1n) is 15.0. The molecule has 0 bridgehead atoms. The number of aliphatic carboxylic acids is 2. The first-order valence-corrected chi connectivity index (χ1v) is 15.5. The fourth-order valence-electron chi connectivity index (χ4n) is 4.51. The number of carboxylic acids is 2. The molecule has 1 rings (SSSR count). The van der Waals surface area contributed by atoms with Crippen molar-refractivity contribution in [1.29, 1.82) is 0 Å². The second-order valence-electron chi connectivity index (χ2n) is 10.5. The number of nitrogens with one attached hydrogen (secondary N) is 2. The molecule has 0 aliphatic rings. The number of carbonyl (C=O) groups excluding carboxylic acids is 4. The summed E-state index contributed by atoms with van der Waals surface area (Å²) in [5.74, 6) is -2.13. The van der Waals surface area contributed by atoms with E-state index in [9.17, 15) is 39.0 Å². The van der Waals surface area contributed by atoms with E-state index in [2.05, 4.69) is 10.6 Å². The summed E-state index contributed by atoms with van der Waals surface area (Å²) in [5.41, 5.74) is 1.58. The molecule has 0 spiro atoms. The molecular formula is C30H45N5O11S. The number of rotatable bonds is 29. The molecule has 47 heavy (non-hydrogen) atoms. The van der Waals surface area contributed by atoms with Gasteiger partial charge in [-0.3, -0.25) is 38.6 Å². The van der Waals surface area contributed by atoms with E-state index >= 15 is 0 Å². The number of anilines is 1. The lowest BCUT2D eigenvalue weighted by Crippen LogP contribution is -2.49. The minimum Gasteiger partial charge on any atom is -0.480 e.